The Hall–Kier alpha value is -0.410. The second-order valence-corrected chi connectivity index (χ2v) is 5.75. The Kier molecular flexibility index (Phi) is 4.15. The molecule has 1 aliphatic rings. The predicted molar refractivity (Wildman–Crippen MR) is 65.2 cm³/mol. The van der Waals surface area contributed by atoms with Gasteiger partial charge in [-0.25, -0.2) is 4.98 Å². The second-order valence-electron chi connectivity index (χ2n) is 4.43. The Morgan fingerprint density at radius 2 is 2.07 bits per heavy atom. The van der Waals surface area contributed by atoms with Crippen LogP contribution in [0.5, 0.6) is 0 Å². The molecule has 3 heteroatoms. The number of hydrogen-bond acceptors (Lipinski definition) is 3. The average molecular weight is 224 g/mol. The van der Waals surface area contributed by atoms with Gasteiger partial charge in [0.2, 0.25) is 0 Å². The van der Waals surface area contributed by atoms with Crippen molar-refractivity contribution in [3.63, 3.8) is 0 Å². The first-order valence-electron chi connectivity index (χ1n) is 5.99. The summed E-state index contributed by atoms with van der Waals surface area (Å²) < 4.78 is 0. The lowest BCUT2D eigenvalue weighted by Crippen LogP contribution is -2.27. The van der Waals surface area contributed by atoms with Gasteiger partial charge >= 0.3 is 0 Å². The number of hydrogen-bond donors (Lipinski definition) is 1. The van der Waals surface area contributed by atoms with Crippen LogP contribution in [0.2, 0.25) is 0 Å². The third-order valence-electron chi connectivity index (χ3n) is 3.07. The van der Waals surface area contributed by atoms with Crippen molar-refractivity contribution >= 4 is 11.3 Å². The van der Waals surface area contributed by atoms with E-state index in [1.807, 2.05) is 17.5 Å². The standard InChI is InChI=1S/C12H20N2S/c1-10-8-14-12(15-10)9-13-11-6-4-2-3-5-7-11/h8,11,13H,2-7,9H2,1H3. The van der Waals surface area contributed by atoms with Gasteiger partial charge in [-0.15, -0.1) is 11.3 Å². The third kappa shape index (κ3) is 3.58. The normalized spacial score (nSPS) is 19.0. The van der Waals surface area contributed by atoms with Crippen molar-refractivity contribution in [3.8, 4) is 0 Å². The van der Waals surface area contributed by atoms with Crippen LogP contribution in [0.25, 0.3) is 0 Å². The summed E-state index contributed by atoms with van der Waals surface area (Å²) in [6, 6.07) is 0.733. The van der Waals surface area contributed by atoms with Gasteiger partial charge in [-0.2, -0.15) is 0 Å². The highest BCUT2D eigenvalue weighted by atomic mass is 32.1. The second kappa shape index (κ2) is 5.61. The van der Waals surface area contributed by atoms with Gasteiger partial charge in [0, 0.05) is 23.7 Å². The van der Waals surface area contributed by atoms with Crippen molar-refractivity contribution < 1.29 is 0 Å². The molecule has 1 heterocycles. The van der Waals surface area contributed by atoms with E-state index in [1.54, 1.807) is 0 Å². The summed E-state index contributed by atoms with van der Waals surface area (Å²) in [5.41, 5.74) is 0. The van der Waals surface area contributed by atoms with Crippen LogP contribution in [0.15, 0.2) is 6.20 Å². The van der Waals surface area contributed by atoms with Gasteiger partial charge in [0.05, 0.1) is 0 Å². The van der Waals surface area contributed by atoms with Gasteiger partial charge in [0.1, 0.15) is 5.01 Å². The fraction of sp³-hybridized carbons (Fsp3) is 0.750. The molecule has 2 nitrogen and oxygen atoms in total. The minimum Gasteiger partial charge on any atom is -0.308 e. The van der Waals surface area contributed by atoms with Crippen LogP contribution in [0.4, 0.5) is 0 Å². The fourth-order valence-electron chi connectivity index (χ4n) is 2.20. The average Bonchev–Trinajstić information content (AvgIpc) is 2.52. The summed E-state index contributed by atoms with van der Waals surface area (Å²) in [4.78, 5) is 5.69. The van der Waals surface area contributed by atoms with E-state index in [-0.39, 0.29) is 0 Å². The molecule has 2 rings (SSSR count). The SMILES string of the molecule is Cc1cnc(CNC2CCCCCC2)s1. The molecule has 1 N–H and O–H groups in total. The molecule has 0 unspecified atom stereocenters. The van der Waals surface area contributed by atoms with Gasteiger partial charge in [-0.1, -0.05) is 25.7 Å². The number of aromatic nitrogens is 1. The molecule has 0 amide bonds. The molecule has 0 aliphatic heterocycles. The van der Waals surface area contributed by atoms with Gasteiger partial charge in [0.25, 0.3) is 0 Å². The van der Waals surface area contributed by atoms with E-state index in [0.29, 0.717) is 0 Å². The lowest BCUT2D eigenvalue weighted by molar-refractivity contribution is 0.458. The highest BCUT2D eigenvalue weighted by Gasteiger charge is 2.11. The molecule has 0 atom stereocenters. The molecule has 1 aliphatic carbocycles. The summed E-state index contributed by atoms with van der Waals surface area (Å²) in [6.07, 6.45) is 10.3. The molecule has 1 aromatic rings. The van der Waals surface area contributed by atoms with E-state index in [4.69, 9.17) is 0 Å². The molecule has 0 bridgehead atoms. The Morgan fingerprint density at radius 1 is 1.33 bits per heavy atom. The zero-order chi connectivity index (χ0) is 10.5. The quantitative estimate of drug-likeness (QED) is 0.797. The van der Waals surface area contributed by atoms with Crippen LogP contribution in [-0.4, -0.2) is 11.0 Å². The molecule has 0 aromatic carbocycles. The molecule has 0 radical (unpaired) electrons. The zero-order valence-corrected chi connectivity index (χ0v) is 10.3. The summed E-state index contributed by atoms with van der Waals surface area (Å²) in [6.45, 7) is 3.08. The summed E-state index contributed by atoms with van der Waals surface area (Å²) in [5, 5.41) is 4.87. The Morgan fingerprint density at radius 3 is 2.67 bits per heavy atom. The van der Waals surface area contributed by atoms with E-state index < -0.39 is 0 Å². The lowest BCUT2D eigenvalue weighted by atomic mass is 10.1. The first-order valence-corrected chi connectivity index (χ1v) is 6.81. The molecular formula is C12H20N2S. The van der Waals surface area contributed by atoms with Crippen molar-refractivity contribution in [1.82, 2.24) is 10.3 Å². The number of rotatable bonds is 3. The Labute approximate surface area is 96.1 Å². The number of nitrogens with one attached hydrogen (secondary N) is 1. The van der Waals surface area contributed by atoms with E-state index in [9.17, 15) is 0 Å². The predicted octanol–water partition coefficient (Wildman–Crippen LogP) is 3.26. The number of aryl methyl sites for hydroxylation is 1. The van der Waals surface area contributed by atoms with Gasteiger partial charge in [0.15, 0.2) is 0 Å². The topological polar surface area (TPSA) is 24.9 Å². The van der Waals surface area contributed by atoms with E-state index in [2.05, 4.69) is 17.2 Å². The van der Waals surface area contributed by atoms with Crippen LogP contribution >= 0.6 is 11.3 Å². The van der Waals surface area contributed by atoms with Crippen molar-refractivity contribution in [1.29, 1.82) is 0 Å². The first-order chi connectivity index (χ1) is 7.34. The van der Waals surface area contributed by atoms with Crippen LogP contribution in [0.3, 0.4) is 0 Å². The Balaban J connectivity index is 1.76. The van der Waals surface area contributed by atoms with E-state index in [0.717, 1.165) is 12.6 Å². The molecule has 1 fully saturated rings. The van der Waals surface area contributed by atoms with Crippen molar-refractivity contribution in [3.05, 3.63) is 16.1 Å². The maximum atomic E-state index is 4.38. The molecule has 0 spiro atoms. The highest BCUT2D eigenvalue weighted by molar-refractivity contribution is 7.11. The van der Waals surface area contributed by atoms with Crippen LogP contribution < -0.4 is 5.32 Å². The van der Waals surface area contributed by atoms with Gasteiger partial charge in [-0.05, 0) is 19.8 Å². The highest BCUT2D eigenvalue weighted by Crippen LogP contribution is 2.18. The maximum absolute atomic E-state index is 4.38. The maximum Gasteiger partial charge on any atom is 0.107 e. The number of thiazole rings is 1. The monoisotopic (exact) mass is 224 g/mol. The van der Waals surface area contributed by atoms with Crippen LogP contribution in [-0.2, 0) is 6.54 Å². The first kappa shape index (κ1) is 11.1. The molecule has 1 aromatic heterocycles. The van der Waals surface area contributed by atoms with Crippen molar-refractivity contribution in [2.45, 2.75) is 58.0 Å². The Bertz CT molecular complexity index is 288. The van der Waals surface area contributed by atoms with Crippen LogP contribution in [0.1, 0.15) is 48.4 Å². The molecule has 84 valence electrons. The summed E-state index contributed by atoms with van der Waals surface area (Å²) >= 11 is 1.81. The van der Waals surface area contributed by atoms with Gasteiger partial charge in [-0.3, -0.25) is 0 Å². The van der Waals surface area contributed by atoms with E-state index in [1.165, 1.54) is 48.4 Å². The third-order valence-corrected chi connectivity index (χ3v) is 3.98. The van der Waals surface area contributed by atoms with Crippen molar-refractivity contribution in [2.24, 2.45) is 0 Å². The number of nitrogens with zero attached hydrogens (tertiary/aromatic N) is 1. The van der Waals surface area contributed by atoms with E-state index >= 15 is 0 Å². The largest absolute Gasteiger partial charge is 0.308 e. The summed E-state index contributed by atoms with van der Waals surface area (Å²) in [7, 11) is 0. The van der Waals surface area contributed by atoms with Crippen molar-refractivity contribution in [2.75, 3.05) is 0 Å². The molecule has 0 saturated heterocycles. The molecule has 1 saturated carbocycles. The summed E-state index contributed by atoms with van der Waals surface area (Å²) in [5.74, 6) is 0. The van der Waals surface area contributed by atoms with Crippen LogP contribution in [0, 0.1) is 6.92 Å². The molecule has 15 heavy (non-hydrogen) atoms. The lowest BCUT2D eigenvalue weighted by Gasteiger charge is -2.14. The molecular weight excluding hydrogens is 204 g/mol. The fourth-order valence-corrected chi connectivity index (χ4v) is 2.94. The minimum atomic E-state index is 0.733. The smallest absolute Gasteiger partial charge is 0.107 e. The zero-order valence-electron chi connectivity index (χ0n) is 9.46. The minimum absolute atomic E-state index is 0.733. The van der Waals surface area contributed by atoms with Gasteiger partial charge < -0.3 is 5.32 Å².